The van der Waals surface area contributed by atoms with E-state index in [1.807, 2.05) is 0 Å². The van der Waals surface area contributed by atoms with Crippen molar-refractivity contribution in [2.45, 2.75) is 12.8 Å². The lowest BCUT2D eigenvalue weighted by Gasteiger charge is -1.87. The number of allylic oxidation sites excluding steroid dienone is 4. The summed E-state index contributed by atoms with van der Waals surface area (Å²) in [5, 5.41) is 7.00. The largest absolute Gasteiger partial charge is 0.400 e. The normalized spacial score (nSPS) is 14.8. The predicted octanol–water partition coefficient (Wildman–Crippen LogP) is 1.50. The van der Waals surface area contributed by atoms with Gasteiger partial charge in [-0.25, -0.2) is 0 Å². The lowest BCUT2D eigenvalue weighted by atomic mass is 10.2. The van der Waals surface area contributed by atoms with Gasteiger partial charge < -0.3 is 5.11 Å². The highest BCUT2D eigenvalue weighted by atomic mass is 16.2. The van der Waals surface area contributed by atoms with Crippen molar-refractivity contribution in [3.63, 3.8) is 0 Å². The first kappa shape index (κ1) is 7.44. The van der Waals surface area contributed by atoms with Crippen molar-refractivity contribution in [2.75, 3.05) is 7.11 Å². The molecular formula is C7H12O. The molecule has 0 aromatic carbocycles. The quantitative estimate of drug-likeness (QED) is 0.471. The van der Waals surface area contributed by atoms with Crippen LogP contribution in [0, 0.1) is 0 Å². The second kappa shape index (κ2) is 6.44. The molecule has 1 N–H and O–H groups in total. The Bertz CT molecular complexity index is 62.4. The molecule has 0 unspecified atom stereocenters. The van der Waals surface area contributed by atoms with Crippen LogP contribution in [0.1, 0.15) is 12.8 Å². The standard InChI is InChI=1S/C6H8.CH4O/c1-2-4-6-5-3-1;1-2/h1-2,5-6H,3-4H2;2H,1H3. The molecule has 8 heavy (non-hydrogen) atoms. The maximum absolute atomic E-state index is 7.00. The molecule has 0 aromatic rings. The molecule has 46 valence electrons. The van der Waals surface area contributed by atoms with E-state index in [0.717, 1.165) is 20.0 Å². The van der Waals surface area contributed by atoms with E-state index in [2.05, 4.69) is 24.3 Å². The van der Waals surface area contributed by atoms with Crippen molar-refractivity contribution < 1.29 is 5.11 Å². The van der Waals surface area contributed by atoms with Crippen molar-refractivity contribution in [3.8, 4) is 0 Å². The third-order valence-electron chi connectivity index (χ3n) is 0.878. The summed E-state index contributed by atoms with van der Waals surface area (Å²) in [6, 6.07) is 0. The Balaban J connectivity index is 0.000000222. The SMILES string of the molecule is C1=CCC=CC1.CO. The Kier molecular flexibility index (Phi) is 5.99. The summed E-state index contributed by atoms with van der Waals surface area (Å²) in [5.74, 6) is 0. The minimum absolute atomic E-state index is 1.00. The average Bonchev–Trinajstić information content (AvgIpc) is 1.96. The summed E-state index contributed by atoms with van der Waals surface area (Å²) in [6.07, 6.45) is 11.0. The Hall–Kier alpha value is -0.560. The molecule has 0 amide bonds. The van der Waals surface area contributed by atoms with Crippen molar-refractivity contribution in [1.82, 2.24) is 0 Å². The van der Waals surface area contributed by atoms with Gasteiger partial charge in [-0.3, -0.25) is 0 Å². The summed E-state index contributed by atoms with van der Waals surface area (Å²) in [5.41, 5.74) is 0. The molecule has 1 nitrogen and oxygen atoms in total. The van der Waals surface area contributed by atoms with Gasteiger partial charge in [-0.05, 0) is 12.8 Å². The van der Waals surface area contributed by atoms with E-state index in [4.69, 9.17) is 5.11 Å². The molecule has 0 atom stereocenters. The second-order valence-corrected chi connectivity index (χ2v) is 1.41. The van der Waals surface area contributed by atoms with Crippen LogP contribution >= 0.6 is 0 Å². The van der Waals surface area contributed by atoms with Crippen LogP contribution in [0.3, 0.4) is 0 Å². The minimum Gasteiger partial charge on any atom is -0.400 e. The summed E-state index contributed by atoms with van der Waals surface area (Å²) in [4.78, 5) is 0. The molecule has 0 radical (unpaired) electrons. The van der Waals surface area contributed by atoms with Crippen molar-refractivity contribution in [1.29, 1.82) is 0 Å². The zero-order valence-electron chi connectivity index (χ0n) is 5.17. The Morgan fingerprint density at radius 3 is 1.25 bits per heavy atom. The molecule has 1 aliphatic carbocycles. The summed E-state index contributed by atoms with van der Waals surface area (Å²) in [6.45, 7) is 0. The van der Waals surface area contributed by atoms with E-state index in [9.17, 15) is 0 Å². The van der Waals surface area contributed by atoms with Gasteiger partial charge in [0.05, 0.1) is 0 Å². The zero-order chi connectivity index (χ0) is 6.24. The van der Waals surface area contributed by atoms with Crippen LogP contribution in [0.15, 0.2) is 24.3 Å². The third-order valence-corrected chi connectivity index (χ3v) is 0.878. The van der Waals surface area contributed by atoms with Gasteiger partial charge in [0, 0.05) is 7.11 Å². The molecule has 0 aliphatic heterocycles. The summed E-state index contributed by atoms with van der Waals surface area (Å²) in [7, 11) is 1.00. The first-order valence-electron chi connectivity index (χ1n) is 2.75. The Labute approximate surface area is 50.3 Å². The Morgan fingerprint density at radius 2 is 1.12 bits per heavy atom. The van der Waals surface area contributed by atoms with Crippen molar-refractivity contribution >= 4 is 0 Å². The second-order valence-electron chi connectivity index (χ2n) is 1.41. The molecule has 0 aromatic heterocycles. The Morgan fingerprint density at radius 1 is 0.875 bits per heavy atom. The molecular weight excluding hydrogens is 100 g/mol. The number of rotatable bonds is 0. The fraction of sp³-hybridized carbons (Fsp3) is 0.429. The summed E-state index contributed by atoms with van der Waals surface area (Å²) < 4.78 is 0. The van der Waals surface area contributed by atoms with E-state index in [1.54, 1.807) is 0 Å². The van der Waals surface area contributed by atoms with E-state index in [-0.39, 0.29) is 0 Å². The van der Waals surface area contributed by atoms with Crippen LogP contribution < -0.4 is 0 Å². The number of hydrogen-bond donors (Lipinski definition) is 1. The lowest BCUT2D eigenvalue weighted by molar-refractivity contribution is 0.399. The molecule has 0 spiro atoms. The number of aliphatic hydroxyl groups excluding tert-OH is 1. The monoisotopic (exact) mass is 112 g/mol. The van der Waals surface area contributed by atoms with Gasteiger partial charge >= 0.3 is 0 Å². The molecule has 0 saturated carbocycles. The molecule has 1 aliphatic rings. The molecule has 1 rings (SSSR count). The highest BCUT2D eigenvalue weighted by Crippen LogP contribution is 1.97. The molecule has 0 saturated heterocycles. The lowest BCUT2D eigenvalue weighted by Crippen LogP contribution is -1.66. The van der Waals surface area contributed by atoms with Crippen LogP contribution in [0.4, 0.5) is 0 Å². The zero-order valence-corrected chi connectivity index (χ0v) is 5.17. The fourth-order valence-corrected chi connectivity index (χ4v) is 0.542. The van der Waals surface area contributed by atoms with Crippen LogP contribution in [-0.4, -0.2) is 12.2 Å². The van der Waals surface area contributed by atoms with Gasteiger partial charge in [-0.2, -0.15) is 0 Å². The van der Waals surface area contributed by atoms with E-state index in [1.165, 1.54) is 0 Å². The number of hydrogen-bond acceptors (Lipinski definition) is 1. The first-order chi connectivity index (χ1) is 4.00. The van der Waals surface area contributed by atoms with E-state index >= 15 is 0 Å². The molecule has 0 heterocycles. The van der Waals surface area contributed by atoms with E-state index in [0.29, 0.717) is 0 Å². The topological polar surface area (TPSA) is 20.2 Å². The van der Waals surface area contributed by atoms with Gasteiger partial charge in [-0.15, -0.1) is 0 Å². The first-order valence-corrected chi connectivity index (χ1v) is 2.75. The van der Waals surface area contributed by atoms with Crippen molar-refractivity contribution in [3.05, 3.63) is 24.3 Å². The van der Waals surface area contributed by atoms with Gasteiger partial charge in [-0.1, -0.05) is 24.3 Å². The smallest absolute Gasteiger partial charge is 0.0319 e. The minimum atomic E-state index is 1.00. The van der Waals surface area contributed by atoms with Crippen LogP contribution in [0.2, 0.25) is 0 Å². The molecule has 0 bridgehead atoms. The van der Waals surface area contributed by atoms with Gasteiger partial charge in [0.2, 0.25) is 0 Å². The highest BCUT2D eigenvalue weighted by molar-refractivity contribution is 5.02. The van der Waals surface area contributed by atoms with Crippen LogP contribution in [-0.2, 0) is 0 Å². The third kappa shape index (κ3) is 3.62. The highest BCUT2D eigenvalue weighted by Gasteiger charge is 1.76. The number of aliphatic hydroxyl groups is 1. The average molecular weight is 112 g/mol. The maximum Gasteiger partial charge on any atom is 0.0319 e. The van der Waals surface area contributed by atoms with Crippen LogP contribution in [0.25, 0.3) is 0 Å². The summed E-state index contributed by atoms with van der Waals surface area (Å²) >= 11 is 0. The van der Waals surface area contributed by atoms with E-state index < -0.39 is 0 Å². The van der Waals surface area contributed by atoms with Gasteiger partial charge in [0.15, 0.2) is 0 Å². The molecule has 1 heteroatoms. The predicted molar refractivity (Wildman–Crippen MR) is 35.7 cm³/mol. The van der Waals surface area contributed by atoms with Crippen LogP contribution in [0.5, 0.6) is 0 Å². The maximum atomic E-state index is 7.00. The van der Waals surface area contributed by atoms with Gasteiger partial charge in [0.25, 0.3) is 0 Å². The molecule has 0 fully saturated rings. The fourth-order valence-electron chi connectivity index (χ4n) is 0.542. The van der Waals surface area contributed by atoms with Gasteiger partial charge in [0.1, 0.15) is 0 Å². The van der Waals surface area contributed by atoms with Crippen molar-refractivity contribution in [2.24, 2.45) is 0 Å².